The molecule has 1 aromatic carbocycles. The van der Waals surface area contributed by atoms with Gasteiger partial charge < -0.3 is 0 Å². The Morgan fingerprint density at radius 2 is 1.44 bits per heavy atom. The maximum absolute atomic E-state index is 4.23. The summed E-state index contributed by atoms with van der Waals surface area (Å²) in [7, 11) is 0. The summed E-state index contributed by atoms with van der Waals surface area (Å²) in [5.41, 5.74) is 9.14. The summed E-state index contributed by atoms with van der Waals surface area (Å²) in [5.74, 6) is 1.03. The third-order valence-electron chi connectivity index (χ3n) is 6.73. The van der Waals surface area contributed by atoms with Gasteiger partial charge >= 0.3 is 0 Å². The summed E-state index contributed by atoms with van der Waals surface area (Å²) in [6, 6.07) is 6.74. The van der Waals surface area contributed by atoms with Gasteiger partial charge in [0.15, 0.2) is 0 Å². The molecule has 0 heterocycles. The number of benzene rings is 1. The third-order valence-corrected chi connectivity index (χ3v) is 6.73. The van der Waals surface area contributed by atoms with Crippen molar-refractivity contribution in [3.8, 4) is 0 Å². The average Bonchev–Trinajstić information content (AvgIpc) is 3.15. The average molecular weight is 495 g/mol. The number of fused-ring (bicyclic) bond motifs is 1. The maximum Gasteiger partial charge on any atom is -0.0109 e. The molecule has 206 valence electrons. The number of rotatable bonds is 5. The fourth-order valence-corrected chi connectivity index (χ4v) is 4.44. The van der Waals surface area contributed by atoms with E-state index < -0.39 is 0 Å². The highest BCUT2D eigenvalue weighted by Crippen LogP contribution is 2.36. The minimum absolute atomic E-state index is 0. The van der Waals surface area contributed by atoms with Gasteiger partial charge in [0.2, 0.25) is 0 Å². The smallest absolute Gasteiger partial charge is 0.0109 e. The third kappa shape index (κ3) is 16.0. The standard InChI is InChI=1S/C17H20.C8H16.C6H14.C4H8.CH4/c1-5-14-9-10-16-15(6-2)12(3)7-8-13(4)17(16)11-14;1-8-6-4-2-3-5-7-8;1-3-5-6-4-2;1-4(2)3;/h6,9-11H,2,4-5,7-8H2,1,3H3;8H,2-7H2,1H3;3-6H2,1-2H3;1H2,2-3H3;1H4. The van der Waals surface area contributed by atoms with Crippen molar-refractivity contribution in [1.29, 1.82) is 0 Å². The lowest BCUT2D eigenvalue weighted by Gasteiger charge is -2.11. The van der Waals surface area contributed by atoms with Crippen LogP contribution < -0.4 is 0 Å². The highest BCUT2D eigenvalue weighted by molar-refractivity contribution is 5.86. The molecule has 1 fully saturated rings. The monoisotopic (exact) mass is 494 g/mol. The van der Waals surface area contributed by atoms with Crippen molar-refractivity contribution >= 4 is 11.1 Å². The fraction of sp³-hybridized carbons (Fsp3) is 0.611. The molecule has 0 unspecified atom stereocenters. The van der Waals surface area contributed by atoms with Crippen molar-refractivity contribution in [2.75, 3.05) is 0 Å². The quantitative estimate of drug-likeness (QED) is 0.217. The number of unbranched alkanes of at least 4 members (excludes halogenated alkanes) is 3. The van der Waals surface area contributed by atoms with E-state index in [-0.39, 0.29) is 7.43 Å². The van der Waals surface area contributed by atoms with Gasteiger partial charge in [-0.2, -0.15) is 0 Å². The van der Waals surface area contributed by atoms with Crippen molar-refractivity contribution in [1.82, 2.24) is 0 Å². The van der Waals surface area contributed by atoms with E-state index in [1.54, 1.807) is 0 Å². The van der Waals surface area contributed by atoms with Gasteiger partial charge in [0.25, 0.3) is 0 Å². The van der Waals surface area contributed by atoms with E-state index >= 15 is 0 Å². The molecule has 0 atom stereocenters. The molecule has 1 aromatic rings. The number of hydrogen-bond acceptors (Lipinski definition) is 0. The van der Waals surface area contributed by atoms with Crippen LogP contribution in [0.2, 0.25) is 0 Å². The van der Waals surface area contributed by atoms with Gasteiger partial charge in [0.1, 0.15) is 0 Å². The molecule has 0 bridgehead atoms. The van der Waals surface area contributed by atoms with E-state index in [1.807, 2.05) is 19.9 Å². The number of hydrogen-bond donors (Lipinski definition) is 0. The van der Waals surface area contributed by atoms with E-state index in [2.05, 4.69) is 72.6 Å². The molecule has 0 nitrogen and oxygen atoms in total. The van der Waals surface area contributed by atoms with Crippen LogP contribution in [0.1, 0.15) is 150 Å². The van der Waals surface area contributed by atoms with Crippen molar-refractivity contribution in [2.24, 2.45) is 5.92 Å². The Kier molecular flexibility index (Phi) is 22.6. The molecule has 3 rings (SSSR count). The van der Waals surface area contributed by atoms with Crippen LogP contribution >= 0.6 is 0 Å². The molecule has 2 aliphatic rings. The summed E-state index contributed by atoms with van der Waals surface area (Å²) < 4.78 is 0. The summed E-state index contributed by atoms with van der Waals surface area (Å²) in [5, 5.41) is 0. The number of allylic oxidation sites excluding steroid dienone is 5. The lowest BCUT2D eigenvalue weighted by molar-refractivity contribution is 0.505. The highest BCUT2D eigenvalue weighted by Gasteiger charge is 2.15. The van der Waals surface area contributed by atoms with Crippen LogP contribution in [0, 0.1) is 5.92 Å². The molecule has 0 saturated heterocycles. The first kappa shape index (κ1) is 36.3. The minimum atomic E-state index is 0. The Bertz CT molecular complexity index is 757. The van der Waals surface area contributed by atoms with Crippen molar-refractivity contribution in [2.45, 2.75) is 139 Å². The first-order valence-electron chi connectivity index (χ1n) is 14.5. The maximum atomic E-state index is 4.23. The molecular weight excluding hydrogens is 432 g/mol. The van der Waals surface area contributed by atoms with Crippen LogP contribution in [0.15, 0.2) is 55.2 Å². The number of aryl methyl sites for hydroxylation is 1. The molecule has 0 spiro atoms. The largest absolute Gasteiger partial charge is 0.100 e. The van der Waals surface area contributed by atoms with Crippen molar-refractivity contribution < 1.29 is 0 Å². The van der Waals surface area contributed by atoms with Crippen LogP contribution in [0.3, 0.4) is 0 Å². The van der Waals surface area contributed by atoms with E-state index in [4.69, 9.17) is 0 Å². The Morgan fingerprint density at radius 1 is 0.917 bits per heavy atom. The molecule has 1 saturated carbocycles. The van der Waals surface area contributed by atoms with Crippen LogP contribution in [0.4, 0.5) is 0 Å². The van der Waals surface area contributed by atoms with E-state index in [9.17, 15) is 0 Å². The predicted octanol–water partition coefficient (Wildman–Crippen LogP) is 12.8. The molecule has 2 aliphatic carbocycles. The normalized spacial score (nSPS) is 15.1. The lowest BCUT2D eigenvalue weighted by Crippen LogP contribution is -1.92. The van der Waals surface area contributed by atoms with Gasteiger partial charge in [0, 0.05) is 0 Å². The van der Waals surface area contributed by atoms with E-state index in [0.29, 0.717) is 0 Å². The predicted molar refractivity (Wildman–Crippen MR) is 171 cm³/mol. The summed E-state index contributed by atoms with van der Waals surface area (Å²) in [6.07, 6.45) is 19.7. The zero-order valence-corrected chi connectivity index (χ0v) is 24.7. The zero-order valence-electron chi connectivity index (χ0n) is 24.7. The second-order valence-corrected chi connectivity index (χ2v) is 10.7. The SMILES string of the molecule is C.C=C(C)C.C=CC1=C(C)CCC(=C)c2cc(CC)ccc21.CC1CCCCCC1.CCCCCC. The fourth-order valence-electron chi connectivity index (χ4n) is 4.44. The van der Waals surface area contributed by atoms with Crippen molar-refractivity contribution in [3.63, 3.8) is 0 Å². The van der Waals surface area contributed by atoms with E-state index in [1.165, 1.54) is 103 Å². The molecule has 0 radical (unpaired) electrons. The Balaban J connectivity index is 0. The van der Waals surface area contributed by atoms with Crippen LogP contribution in [-0.4, -0.2) is 0 Å². The molecule has 0 N–H and O–H groups in total. The molecule has 36 heavy (non-hydrogen) atoms. The van der Waals surface area contributed by atoms with Gasteiger partial charge in [-0.25, -0.2) is 0 Å². The summed E-state index contributed by atoms with van der Waals surface area (Å²) >= 11 is 0. The highest BCUT2D eigenvalue weighted by atomic mass is 14.2. The summed E-state index contributed by atoms with van der Waals surface area (Å²) in [4.78, 5) is 0. The van der Waals surface area contributed by atoms with Crippen molar-refractivity contribution in [3.05, 3.63) is 71.8 Å². The van der Waals surface area contributed by atoms with Gasteiger partial charge in [-0.05, 0) is 73.8 Å². The van der Waals surface area contributed by atoms with Crippen LogP contribution in [0.5, 0.6) is 0 Å². The molecule has 0 aliphatic heterocycles. The van der Waals surface area contributed by atoms with Crippen LogP contribution in [0.25, 0.3) is 11.1 Å². The van der Waals surface area contributed by atoms with Gasteiger partial charge in [-0.15, -0.1) is 6.58 Å². The second kappa shape index (κ2) is 22.4. The molecule has 0 amide bonds. The lowest BCUT2D eigenvalue weighted by atomic mass is 9.93. The Hall–Kier alpha value is -1.82. The molecule has 0 heteroatoms. The molecule has 0 aromatic heterocycles. The van der Waals surface area contributed by atoms with Gasteiger partial charge in [0.05, 0.1) is 0 Å². The minimum Gasteiger partial charge on any atom is -0.100 e. The Labute approximate surface area is 228 Å². The Morgan fingerprint density at radius 3 is 1.89 bits per heavy atom. The topological polar surface area (TPSA) is 0 Å². The van der Waals surface area contributed by atoms with E-state index in [0.717, 1.165) is 25.2 Å². The second-order valence-electron chi connectivity index (χ2n) is 10.7. The zero-order chi connectivity index (χ0) is 26.6. The first-order chi connectivity index (χ1) is 16.7. The first-order valence-corrected chi connectivity index (χ1v) is 14.5. The summed E-state index contributed by atoms with van der Waals surface area (Å²) in [6.45, 7) is 26.9. The molecular formula is C36H62. The van der Waals surface area contributed by atoms with Crippen LogP contribution in [-0.2, 0) is 6.42 Å². The van der Waals surface area contributed by atoms with Gasteiger partial charge in [-0.1, -0.05) is 148 Å². The van der Waals surface area contributed by atoms with Gasteiger partial charge in [-0.3, -0.25) is 0 Å².